The first-order valence-corrected chi connectivity index (χ1v) is 20.0. The van der Waals surface area contributed by atoms with Gasteiger partial charge in [0.15, 0.2) is 5.96 Å². The smallest absolute Gasteiger partial charge is 0.408 e. The molecule has 12 N–H and O–H groups in total. The number of nitrogens with two attached hydrogens (primary N) is 2. The Hall–Kier alpha value is -6.07. The van der Waals surface area contributed by atoms with Gasteiger partial charge in [-0.3, -0.25) is 24.6 Å². The fraction of sp³-hybridized carbons (Fsp3) is 0.548. The molecule has 0 bridgehead atoms. The van der Waals surface area contributed by atoms with E-state index in [0.717, 1.165) is 5.56 Å². The number of benzene rings is 2. The largest absolute Gasteiger partial charge is 0.508 e. The molecule has 0 saturated carbocycles. The molecule has 2 aromatic carbocycles. The number of phenolic OH excluding ortho intramolecular Hbond substituents is 1. The van der Waals surface area contributed by atoms with E-state index in [4.69, 9.17) is 26.4 Å². The van der Waals surface area contributed by atoms with Crippen molar-refractivity contribution in [2.75, 3.05) is 13.1 Å². The van der Waals surface area contributed by atoms with Crippen LogP contribution in [0.1, 0.15) is 95.9 Å². The highest BCUT2D eigenvalue weighted by Crippen LogP contribution is 2.22. The van der Waals surface area contributed by atoms with Crippen molar-refractivity contribution in [3.63, 3.8) is 0 Å². The molecule has 0 aliphatic heterocycles. The first kappa shape index (κ1) is 50.1. The molecule has 6 amide bonds. The number of hydrogen-bond donors (Lipinski definition) is 10. The number of guanidine groups is 1. The van der Waals surface area contributed by atoms with Crippen LogP contribution in [0.4, 0.5) is 9.59 Å². The number of aromatic hydroxyl groups is 1. The third-order valence-electron chi connectivity index (χ3n) is 8.88. The van der Waals surface area contributed by atoms with Crippen molar-refractivity contribution in [1.29, 1.82) is 5.41 Å². The Morgan fingerprint density at radius 2 is 1.13 bits per heavy atom. The standard InChI is InChI=1S/C42H65N9O9/c1-25-21-28(52)22-26(2)29(25)24-33(50-36(55)31(18-14-20-46-38(44)45)51-40(58)60-42(6,7)8)37(56)48-30(17-12-13-19-47-39(57)59-41(3,4)5)35(54)49-32(34(43)53)23-27-15-10-9-11-16-27/h9-11,15-16,21-22,30-33,52H,12-14,17-20,23-24H2,1-8H3,(H2,43,53)(H,47,57)(H,48,56)(H,49,54)(H,50,55)(H,51,58)(H4,44,45,46)/t30-,31?,32-,33-/m0/s1. The number of unbranched alkanes of at least 4 members (excludes halogenated alkanes) is 1. The molecule has 0 spiro atoms. The lowest BCUT2D eigenvalue weighted by molar-refractivity contribution is -0.133. The first-order valence-electron chi connectivity index (χ1n) is 20.0. The van der Waals surface area contributed by atoms with Gasteiger partial charge in [-0.2, -0.15) is 0 Å². The van der Waals surface area contributed by atoms with Crippen LogP contribution < -0.4 is 43.4 Å². The maximum absolute atomic E-state index is 14.4. The summed E-state index contributed by atoms with van der Waals surface area (Å²) in [6, 6.07) is 7.11. The van der Waals surface area contributed by atoms with E-state index in [1.165, 1.54) is 12.1 Å². The summed E-state index contributed by atoms with van der Waals surface area (Å²) < 4.78 is 10.7. The first-order chi connectivity index (χ1) is 27.9. The fourth-order valence-electron chi connectivity index (χ4n) is 6.09. The molecule has 0 radical (unpaired) electrons. The van der Waals surface area contributed by atoms with Crippen LogP contribution in [-0.4, -0.2) is 95.3 Å². The van der Waals surface area contributed by atoms with E-state index in [-0.39, 0.29) is 56.9 Å². The van der Waals surface area contributed by atoms with Crippen LogP contribution in [0, 0.1) is 19.3 Å². The van der Waals surface area contributed by atoms with Crippen molar-refractivity contribution in [1.82, 2.24) is 31.9 Å². The molecular weight excluding hydrogens is 775 g/mol. The van der Waals surface area contributed by atoms with E-state index >= 15 is 0 Å². The van der Waals surface area contributed by atoms with Crippen LogP contribution in [0.25, 0.3) is 0 Å². The number of amides is 6. The molecule has 2 aromatic rings. The molecule has 0 saturated heterocycles. The van der Waals surface area contributed by atoms with Crippen molar-refractivity contribution in [3.05, 3.63) is 64.7 Å². The SMILES string of the molecule is Cc1cc(O)cc(C)c1C[C@H](NC(=O)C(CCCNC(=N)N)NC(=O)OC(C)(C)C)C(=O)N[C@@H](CCCCNC(=O)OC(C)(C)C)C(=O)N[C@@H](Cc1ccccc1)C(N)=O. The number of ether oxygens (including phenoxy) is 2. The quantitative estimate of drug-likeness (QED) is 0.0495. The summed E-state index contributed by atoms with van der Waals surface area (Å²) in [5.41, 5.74) is 12.2. The second-order valence-electron chi connectivity index (χ2n) is 16.6. The summed E-state index contributed by atoms with van der Waals surface area (Å²) in [5, 5.41) is 33.8. The van der Waals surface area contributed by atoms with E-state index in [1.807, 2.05) is 6.07 Å². The molecule has 2 rings (SSSR count). The van der Waals surface area contributed by atoms with Crippen LogP contribution in [0.5, 0.6) is 5.75 Å². The van der Waals surface area contributed by atoms with Gasteiger partial charge in [-0.15, -0.1) is 0 Å². The topological polar surface area (TPSA) is 289 Å². The number of aryl methyl sites for hydroxylation is 2. The summed E-state index contributed by atoms with van der Waals surface area (Å²) in [6.45, 7) is 14.1. The number of nitrogens with one attached hydrogen (secondary N) is 7. The van der Waals surface area contributed by atoms with Gasteiger partial charge >= 0.3 is 12.2 Å². The van der Waals surface area contributed by atoms with E-state index in [1.54, 1.807) is 79.7 Å². The zero-order chi connectivity index (χ0) is 45.2. The second-order valence-corrected chi connectivity index (χ2v) is 16.6. The zero-order valence-corrected chi connectivity index (χ0v) is 36.1. The third-order valence-corrected chi connectivity index (χ3v) is 8.88. The summed E-state index contributed by atoms with van der Waals surface area (Å²) >= 11 is 0. The highest BCUT2D eigenvalue weighted by atomic mass is 16.6. The van der Waals surface area contributed by atoms with Crippen molar-refractivity contribution < 1.29 is 43.3 Å². The minimum atomic E-state index is -1.32. The van der Waals surface area contributed by atoms with Gasteiger partial charge in [0.2, 0.25) is 23.6 Å². The number of alkyl carbamates (subject to hydrolysis) is 2. The van der Waals surface area contributed by atoms with Gasteiger partial charge in [0.1, 0.15) is 41.1 Å². The molecule has 0 aliphatic carbocycles. The van der Waals surface area contributed by atoms with Crippen molar-refractivity contribution in [2.24, 2.45) is 11.5 Å². The molecule has 332 valence electrons. The number of hydrogen-bond acceptors (Lipinski definition) is 10. The Bertz CT molecular complexity index is 1770. The fourth-order valence-corrected chi connectivity index (χ4v) is 6.09. The van der Waals surface area contributed by atoms with E-state index in [9.17, 15) is 33.9 Å². The normalized spacial score (nSPS) is 13.3. The molecule has 0 fully saturated rings. The van der Waals surface area contributed by atoms with Crippen molar-refractivity contribution in [2.45, 2.75) is 136 Å². The summed E-state index contributed by atoms with van der Waals surface area (Å²) in [5.74, 6) is -3.24. The van der Waals surface area contributed by atoms with E-state index in [2.05, 4.69) is 31.9 Å². The molecule has 4 atom stereocenters. The zero-order valence-electron chi connectivity index (χ0n) is 36.1. The Kier molecular flexibility index (Phi) is 19.6. The van der Waals surface area contributed by atoms with Crippen molar-refractivity contribution >= 4 is 41.8 Å². The monoisotopic (exact) mass is 839 g/mol. The predicted octanol–water partition coefficient (Wildman–Crippen LogP) is 2.59. The lowest BCUT2D eigenvalue weighted by Gasteiger charge is -2.28. The van der Waals surface area contributed by atoms with Crippen LogP contribution in [0.2, 0.25) is 0 Å². The van der Waals surface area contributed by atoms with E-state index in [0.29, 0.717) is 29.5 Å². The van der Waals surface area contributed by atoms with Gasteiger partial charge in [0.25, 0.3) is 0 Å². The van der Waals surface area contributed by atoms with Gasteiger partial charge in [-0.25, -0.2) is 9.59 Å². The maximum Gasteiger partial charge on any atom is 0.408 e. The number of carbonyl (C=O) groups excluding carboxylic acids is 6. The van der Waals surface area contributed by atoms with Gasteiger partial charge in [0, 0.05) is 25.9 Å². The highest BCUT2D eigenvalue weighted by molar-refractivity contribution is 5.95. The average Bonchev–Trinajstić information content (AvgIpc) is 3.11. The summed E-state index contributed by atoms with van der Waals surface area (Å²) in [7, 11) is 0. The van der Waals surface area contributed by atoms with Crippen LogP contribution in [-0.2, 0) is 41.5 Å². The average molecular weight is 840 g/mol. The van der Waals surface area contributed by atoms with Crippen molar-refractivity contribution in [3.8, 4) is 5.75 Å². The third kappa shape index (κ3) is 19.6. The van der Waals surface area contributed by atoms with Gasteiger partial charge < -0.3 is 57.9 Å². The number of carbonyl (C=O) groups is 6. The molecule has 18 heteroatoms. The Morgan fingerprint density at radius 1 is 0.650 bits per heavy atom. The minimum Gasteiger partial charge on any atom is -0.508 e. The van der Waals surface area contributed by atoms with Crippen LogP contribution >= 0.6 is 0 Å². The lowest BCUT2D eigenvalue weighted by atomic mass is 9.95. The molecular formula is C42H65N9O9. The van der Waals surface area contributed by atoms with Gasteiger partial charge in [-0.1, -0.05) is 30.3 Å². The lowest BCUT2D eigenvalue weighted by Crippen LogP contribution is -2.59. The summed E-state index contributed by atoms with van der Waals surface area (Å²) in [4.78, 5) is 80.0. The van der Waals surface area contributed by atoms with Crippen LogP contribution in [0.15, 0.2) is 42.5 Å². The van der Waals surface area contributed by atoms with E-state index < -0.39 is 71.2 Å². The van der Waals surface area contributed by atoms with Gasteiger partial charge in [0.05, 0.1) is 0 Å². The highest BCUT2D eigenvalue weighted by Gasteiger charge is 2.32. The minimum absolute atomic E-state index is 0.0111. The second kappa shape index (κ2) is 23.5. The Balaban J connectivity index is 2.46. The molecule has 18 nitrogen and oxygen atoms in total. The molecule has 60 heavy (non-hydrogen) atoms. The number of phenols is 1. The Labute approximate surface area is 352 Å². The number of primary amides is 1. The number of rotatable bonds is 21. The molecule has 0 aliphatic rings. The maximum atomic E-state index is 14.4. The Morgan fingerprint density at radius 3 is 1.68 bits per heavy atom. The summed E-state index contributed by atoms with van der Waals surface area (Å²) in [6.07, 6.45) is -0.323. The molecule has 0 heterocycles. The van der Waals surface area contributed by atoms with Crippen LogP contribution in [0.3, 0.4) is 0 Å². The van der Waals surface area contributed by atoms with Gasteiger partial charge in [-0.05, 0) is 122 Å². The predicted molar refractivity (Wildman–Crippen MR) is 227 cm³/mol. The molecule has 0 aromatic heterocycles. The molecule has 1 unspecified atom stereocenters.